The van der Waals surface area contributed by atoms with Crippen LogP contribution in [0.5, 0.6) is 0 Å². The summed E-state index contributed by atoms with van der Waals surface area (Å²) in [4.78, 5) is 18.1. The van der Waals surface area contributed by atoms with Crippen LogP contribution in [0.3, 0.4) is 0 Å². The molecule has 0 atom stereocenters. The van der Waals surface area contributed by atoms with Crippen LogP contribution in [-0.4, -0.2) is 9.38 Å². The average Bonchev–Trinajstić information content (AvgIpc) is 3.11. The zero-order valence-corrected chi connectivity index (χ0v) is 14.4. The van der Waals surface area contributed by atoms with Gasteiger partial charge in [-0.25, -0.2) is 4.98 Å². The van der Waals surface area contributed by atoms with Gasteiger partial charge in [0.25, 0.3) is 5.56 Å². The lowest BCUT2D eigenvalue weighted by molar-refractivity contribution is 1.19. The molecule has 0 N–H and O–H groups in total. The van der Waals surface area contributed by atoms with Gasteiger partial charge < -0.3 is 0 Å². The van der Waals surface area contributed by atoms with Crippen molar-refractivity contribution in [2.24, 2.45) is 0 Å². The van der Waals surface area contributed by atoms with E-state index in [0.717, 1.165) is 49.4 Å². The molecule has 3 heteroatoms. The van der Waals surface area contributed by atoms with E-state index in [-0.39, 0.29) is 5.56 Å². The predicted octanol–water partition coefficient (Wildman–Crippen LogP) is 5.26. The molecule has 3 nitrogen and oxygen atoms in total. The molecule has 0 bridgehead atoms. The molecular weight excluding hydrogens is 332 g/mol. The maximum Gasteiger partial charge on any atom is 0.264 e. The highest BCUT2D eigenvalue weighted by Crippen LogP contribution is 2.30. The van der Waals surface area contributed by atoms with Gasteiger partial charge in [-0.15, -0.1) is 0 Å². The van der Waals surface area contributed by atoms with Gasteiger partial charge in [-0.3, -0.25) is 9.20 Å². The van der Waals surface area contributed by atoms with E-state index >= 15 is 0 Å². The molecule has 0 spiro atoms. The van der Waals surface area contributed by atoms with Crippen molar-refractivity contribution < 1.29 is 0 Å². The Morgan fingerprint density at radius 2 is 1.48 bits per heavy atom. The van der Waals surface area contributed by atoms with Crippen molar-refractivity contribution in [3.05, 3.63) is 95.3 Å². The zero-order valence-electron chi connectivity index (χ0n) is 14.4. The molecule has 0 saturated carbocycles. The molecule has 0 fully saturated rings. The minimum absolute atomic E-state index is 0.0120. The summed E-state index contributed by atoms with van der Waals surface area (Å²) in [6.07, 6.45) is 0. The molecule has 0 saturated heterocycles. The van der Waals surface area contributed by atoms with E-state index < -0.39 is 0 Å². The third kappa shape index (κ3) is 1.91. The second-order valence-corrected chi connectivity index (χ2v) is 6.85. The van der Waals surface area contributed by atoms with Crippen LogP contribution in [0.2, 0.25) is 0 Å². The van der Waals surface area contributed by atoms with Gasteiger partial charge in [0.05, 0.1) is 11.0 Å². The van der Waals surface area contributed by atoms with Gasteiger partial charge in [0.15, 0.2) is 0 Å². The van der Waals surface area contributed by atoms with E-state index in [2.05, 4.69) is 24.3 Å². The molecule has 0 aliphatic rings. The van der Waals surface area contributed by atoms with Gasteiger partial charge in [-0.1, -0.05) is 66.7 Å². The summed E-state index contributed by atoms with van der Waals surface area (Å²) in [7, 11) is 0. The normalized spacial score (nSPS) is 11.9. The SMILES string of the molecule is O=c1c2cccc3cccc(c32)c2nc3ccc(-c4ccccc4)cc3n12. The average molecular weight is 346 g/mol. The van der Waals surface area contributed by atoms with Crippen molar-refractivity contribution in [2.45, 2.75) is 0 Å². The quantitative estimate of drug-likeness (QED) is 0.407. The van der Waals surface area contributed by atoms with Crippen LogP contribution in [0.4, 0.5) is 0 Å². The van der Waals surface area contributed by atoms with E-state index in [1.54, 1.807) is 4.40 Å². The minimum atomic E-state index is -0.0120. The maximum atomic E-state index is 13.3. The fourth-order valence-electron chi connectivity index (χ4n) is 4.10. The molecule has 4 aromatic carbocycles. The second-order valence-electron chi connectivity index (χ2n) is 6.85. The number of rotatable bonds is 1. The number of hydrogen-bond donors (Lipinski definition) is 0. The van der Waals surface area contributed by atoms with Crippen LogP contribution in [0.1, 0.15) is 0 Å². The Bertz CT molecular complexity index is 1530. The van der Waals surface area contributed by atoms with Crippen molar-refractivity contribution in [1.82, 2.24) is 9.38 Å². The lowest BCUT2D eigenvalue weighted by atomic mass is 10.0. The van der Waals surface area contributed by atoms with Crippen LogP contribution in [-0.2, 0) is 0 Å². The van der Waals surface area contributed by atoms with E-state index in [0.29, 0.717) is 0 Å². The summed E-state index contributed by atoms with van der Waals surface area (Å²) in [5.41, 5.74) is 4.61. The first-order valence-electron chi connectivity index (χ1n) is 8.96. The topological polar surface area (TPSA) is 34.4 Å². The van der Waals surface area contributed by atoms with E-state index in [1.165, 1.54) is 0 Å². The largest absolute Gasteiger partial charge is 0.268 e. The molecule has 0 radical (unpaired) electrons. The van der Waals surface area contributed by atoms with Gasteiger partial charge in [-0.2, -0.15) is 0 Å². The molecule has 6 aromatic rings. The fraction of sp³-hybridized carbons (Fsp3) is 0. The highest BCUT2D eigenvalue weighted by molar-refractivity contribution is 6.15. The molecule has 126 valence electrons. The highest BCUT2D eigenvalue weighted by Gasteiger charge is 2.16. The fourth-order valence-corrected chi connectivity index (χ4v) is 4.10. The lowest BCUT2D eigenvalue weighted by Gasteiger charge is -2.07. The summed E-state index contributed by atoms with van der Waals surface area (Å²) < 4.78 is 1.76. The lowest BCUT2D eigenvalue weighted by Crippen LogP contribution is -2.13. The Morgan fingerprint density at radius 1 is 0.704 bits per heavy atom. The Kier molecular flexibility index (Phi) is 2.75. The van der Waals surface area contributed by atoms with Gasteiger partial charge in [0.2, 0.25) is 0 Å². The van der Waals surface area contributed by atoms with E-state index in [1.807, 2.05) is 60.7 Å². The predicted molar refractivity (Wildman–Crippen MR) is 111 cm³/mol. The Morgan fingerprint density at radius 3 is 2.30 bits per heavy atom. The Hall–Kier alpha value is -3.72. The number of aromatic nitrogens is 2. The number of nitrogens with zero attached hydrogens (tertiary/aromatic N) is 2. The van der Waals surface area contributed by atoms with Gasteiger partial charge in [0.1, 0.15) is 5.65 Å². The molecule has 0 aliphatic heterocycles. The van der Waals surface area contributed by atoms with Gasteiger partial charge in [0, 0.05) is 16.2 Å². The Balaban J connectivity index is 1.83. The summed E-state index contributed by atoms with van der Waals surface area (Å²) in [5.74, 6) is 0. The van der Waals surface area contributed by atoms with Crippen LogP contribution in [0, 0.1) is 0 Å². The molecule has 0 unspecified atom stereocenters. The summed E-state index contributed by atoms with van der Waals surface area (Å²) >= 11 is 0. The summed E-state index contributed by atoms with van der Waals surface area (Å²) in [6.45, 7) is 0. The van der Waals surface area contributed by atoms with E-state index in [4.69, 9.17) is 4.98 Å². The molecule has 2 aromatic heterocycles. The van der Waals surface area contributed by atoms with Crippen molar-refractivity contribution in [2.75, 3.05) is 0 Å². The van der Waals surface area contributed by atoms with Crippen LogP contribution in [0.15, 0.2) is 89.7 Å². The van der Waals surface area contributed by atoms with Crippen molar-refractivity contribution in [3.63, 3.8) is 0 Å². The molecule has 2 heterocycles. The highest BCUT2D eigenvalue weighted by atomic mass is 16.1. The number of fused-ring (bicyclic) bond motifs is 4. The summed E-state index contributed by atoms with van der Waals surface area (Å²) in [6, 6.07) is 28.3. The number of imidazole rings is 1. The standard InChI is InChI=1S/C24H14N2O/c27-24-19-11-5-9-16-8-4-10-18(22(16)19)23-25-20-13-12-17(14-21(20)26(23)24)15-6-2-1-3-7-15/h1-14H. The minimum Gasteiger partial charge on any atom is -0.268 e. The molecule has 0 aliphatic carbocycles. The number of hydrogen-bond acceptors (Lipinski definition) is 2. The smallest absolute Gasteiger partial charge is 0.264 e. The first kappa shape index (κ1) is 14.4. The van der Waals surface area contributed by atoms with Crippen molar-refractivity contribution in [3.8, 4) is 11.1 Å². The first-order chi connectivity index (χ1) is 13.3. The molecular formula is C24H14N2O. The van der Waals surface area contributed by atoms with Crippen LogP contribution < -0.4 is 5.56 Å². The van der Waals surface area contributed by atoms with Gasteiger partial charge in [-0.05, 0) is 34.7 Å². The van der Waals surface area contributed by atoms with Crippen LogP contribution >= 0.6 is 0 Å². The summed E-state index contributed by atoms with van der Waals surface area (Å²) in [5, 5.41) is 3.82. The zero-order chi connectivity index (χ0) is 18.0. The second kappa shape index (κ2) is 5.15. The van der Waals surface area contributed by atoms with E-state index in [9.17, 15) is 4.79 Å². The molecule has 27 heavy (non-hydrogen) atoms. The number of pyridine rings is 1. The third-order valence-electron chi connectivity index (χ3n) is 5.34. The number of benzene rings is 4. The maximum absolute atomic E-state index is 13.3. The Labute approximate surface area is 154 Å². The first-order valence-corrected chi connectivity index (χ1v) is 8.96. The monoisotopic (exact) mass is 346 g/mol. The third-order valence-corrected chi connectivity index (χ3v) is 5.34. The van der Waals surface area contributed by atoms with Crippen LogP contribution in [0.25, 0.3) is 49.4 Å². The van der Waals surface area contributed by atoms with Gasteiger partial charge >= 0.3 is 0 Å². The molecule has 6 rings (SSSR count). The molecule has 0 amide bonds. The van der Waals surface area contributed by atoms with Crippen molar-refractivity contribution in [1.29, 1.82) is 0 Å². The van der Waals surface area contributed by atoms with Crippen molar-refractivity contribution >= 4 is 38.2 Å².